The third-order valence-electron chi connectivity index (χ3n) is 4.38. The smallest absolute Gasteiger partial charge is 0.341 e. The monoisotopic (exact) mass is 381 g/mol. The Kier molecular flexibility index (Phi) is 5.93. The number of amides is 1. The van der Waals surface area contributed by atoms with Gasteiger partial charge in [0.25, 0.3) is 5.91 Å². The molecule has 7 nitrogen and oxygen atoms in total. The number of carbonyl (C=O) groups excluding carboxylic acids is 1. The zero-order valence-electron chi connectivity index (χ0n) is 15.9. The second kappa shape index (κ2) is 8.56. The summed E-state index contributed by atoms with van der Waals surface area (Å²) in [4.78, 5) is 30.9. The second-order valence-electron chi connectivity index (χ2n) is 6.68. The van der Waals surface area contributed by atoms with E-state index in [9.17, 15) is 9.59 Å². The Balaban J connectivity index is 1.53. The van der Waals surface area contributed by atoms with Gasteiger partial charge in [0, 0.05) is 18.5 Å². The fourth-order valence-electron chi connectivity index (χ4n) is 3.13. The van der Waals surface area contributed by atoms with Gasteiger partial charge in [0.05, 0.1) is 11.0 Å². The summed E-state index contributed by atoms with van der Waals surface area (Å²) in [6.45, 7) is 3.71. The van der Waals surface area contributed by atoms with Gasteiger partial charge in [-0.3, -0.25) is 4.79 Å². The van der Waals surface area contributed by atoms with Crippen LogP contribution in [0.25, 0.3) is 11.0 Å². The van der Waals surface area contributed by atoms with Crippen molar-refractivity contribution >= 4 is 22.9 Å². The molecule has 3 aromatic rings. The summed E-state index contributed by atoms with van der Waals surface area (Å²) >= 11 is 0. The number of nitrogens with one attached hydrogen (secondary N) is 2. The lowest BCUT2D eigenvalue weighted by Gasteiger charge is -2.13. The van der Waals surface area contributed by atoms with E-state index in [-0.39, 0.29) is 5.91 Å². The van der Waals surface area contributed by atoms with E-state index in [2.05, 4.69) is 15.3 Å². The first-order valence-corrected chi connectivity index (χ1v) is 9.11. The molecule has 0 unspecified atom stereocenters. The van der Waals surface area contributed by atoms with E-state index in [1.807, 2.05) is 24.3 Å². The average Bonchev–Trinajstić information content (AvgIpc) is 3.06. The van der Waals surface area contributed by atoms with Crippen molar-refractivity contribution in [3.63, 3.8) is 0 Å². The van der Waals surface area contributed by atoms with Crippen LogP contribution >= 0.6 is 0 Å². The van der Waals surface area contributed by atoms with E-state index >= 15 is 0 Å². The van der Waals surface area contributed by atoms with Gasteiger partial charge in [-0.15, -0.1) is 0 Å². The minimum atomic E-state index is -1.04. The van der Waals surface area contributed by atoms with Gasteiger partial charge in [-0.2, -0.15) is 0 Å². The summed E-state index contributed by atoms with van der Waals surface area (Å²) in [5.41, 5.74) is 3.94. The quantitative estimate of drug-likeness (QED) is 0.520. The molecule has 0 radical (unpaired) electrons. The molecular formula is C21H23N3O4. The predicted molar refractivity (Wildman–Crippen MR) is 106 cm³/mol. The number of ether oxygens (including phenoxy) is 1. The Bertz CT molecular complexity index is 954. The minimum Gasteiger partial charge on any atom is -0.481 e. The van der Waals surface area contributed by atoms with Gasteiger partial charge < -0.3 is 20.1 Å². The average molecular weight is 381 g/mol. The standard InChI is InChI=1S/C21H23N3O4/c1-13-10-15(11-14(2)20(13)28-12-19(25)26)21(27)22-9-5-8-18-23-16-6-3-4-7-17(16)24-18/h3-4,6-7,10-11H,5,8-9,12H2,1-2H3,(H,22,27)(H,23,24)(H,25,26). The second-order valence-corrected chi connectivity index (χ2v) is 6.68. The first-order chi connectivity index (χ1) is 13.4. The van der Waals surface area contributed by atoms with Crippen LogP contribution in [0.2, 0.25) is 0 Å². The number of aryl methyl sites for hydroxylation is 3. The molecule has 3 N–H and O–H groups in total. The largest absolute Gasteiger partial charge is 0.481 e. The van der Waals surface area contributed by atoms with Crippen LogP contribution in [0.5, 0.6) is 5.75 Å². The SMILES string of the molecule is Cc1cc(C(=O)NCCCc2nc3ccccc3[nH]2)cc(C)c1OCC(=O)O. The molecule has 1 heterocycles. The summed E-state index contributed by atoms with van der Waals surface area (Å²) < 4.78 is 5.29. The van der Waals surface area contributed by atoms with Gasteiger partial charge in [-0.05, 0) is 55.7 Å². The molecule has 1 aromatic heterocycles. The van der Waals surface area contributed by atoms with Crippen LogP contribution in [0, 0.1) is 13.8 Å². The van der Waals surface area contributed by atoms with Gasteiger partial charge >= 0.3 is 5.97 Å². The van der Waals surface area contributed by atoms with Crippen molar-refractivity contribution in [2.45, 2.75) is 26.7 Å². The molecule has 0 saturated carbocycles. The van der Waals surface area contributed by atoms with Gasteiger partial charge in [0.1, 0.15) is 11.6 Å². The third-order valence-corrected chi connectivity index (χ3v) is 4.38. The van der Waals surface area contributed by atoms with E-state index in [4.69, 9.17) is 9.84 Å². The molecule has 0 aliphatic heterocycles. The number of para-hydroxylation sites is 2. The van der Waals surface area contributed by atoms with Crippen molar-refractivity contribution in [3.8, 4) is 5.75 Å². The normalized spacial score (nSPS) is 10.8. The maximum atomic E-state index is 12.4. The lowest BCUT2D eigenvalue weighted by atomic mass is 10.0. The highest BCUT2D eigenvalue weighted by Gasteiger charge is 2.12. The minimum absolute atomic E-state index is 0.166. The van der Waals surface area contributed by atoms with Crippen LogP contribution in [-0.2, 0) is 11.2 Å². The predicted octanol–water partition coefficient (Wildman–Crippen LogP) is 3.01. The van der Waals surface area contributed by atoms with Crippen LogP contribution in [0.1, 0.15) is 33.7 Å². The highest BCUT2D eigenvalue weighted by molar-refractivity contribution is 5.94. The van der Waals surface area contributed by atoms with Crippen LogP contribution in [-0.4, -0.2) is 40.1 Å². The molecule has 2 aromatic carbocycles. The lowest BCUT2D eigenvalue weighted by molar-refractivity contribution is -0.139. The molecule has 28 heavy (non-hydrogen) atoms. The zero-order chi connectivity index (χ0) is 20.1. The highest BCUT2D eigenvalue weighted by Crippen LogP contribution is 2.24. The van der Waals surface area contributed by atoms with E-state index < -0.39 is 12.6 Å². The summed E-state index contributed by atoms with van der Waals surface area (Å²) in [6, 6.07) is 11.3. The molecule has 3 rings (SSSR count). The molecule has 0 aliphatic carbocycles. The number of carbonyl (C=O) groups is 2. The van der Waals surface area contributed by atoms with E-state index in [1.54, 1.807) is 26.0 Å². The van der Waals surface area contributed by atoms with Crippen LogP contribution < -0.4 is 10.1 Å². The Hall–Kier alpha value is -3.35. The number of imidazole rings is 1. The zero-order valence-corrected chi connectivity index (χ0v) is 15.9. The Morgan fingerprint density at radius 3 is 2.57 bits per heavy atom. The van der Waals surface area contributed by atoms with Crippen LogP contribution in [0.15, 0.2) is 36.4 Å². The molecule has 0 fully saturated rings. The number of nitrogens with zero attached hydrogens (tertiary/aromatic N) is 1. The van der Waals surface area contributed by atoms with Crippen LogP contribution in [0.4, 0.5) is 0 Å². The molecule has 146 valence electrons. The van der Waals surface area contributed by atoms with E-state index in [1.165, 1.54) is 0 Å². The number of aliphatic carboxylic acids is 1. The number of H-pyrrole nitrogens is 1. The Labute approximate surface area is 162 Å². The molecule has 0 bridgehead atoms. The maximum absolute atomic E-state index is 12.4. The number of fused-ring (bicyclic) bond motifs is 1. The number of aromatic nitrogens is 2. The van der Waals surface area contributed by atoms with Gasteiger partial charge in [0.15, 0.2) is 6.61 Å². The molecular weight excluding hydrogens is 358 g/mol. The molecule has 0 spiro atoms. The first kappa shape index (κ1) is 19.4. The molecule has 1 amide bonds. The van der Waals surface area contributed by atoms with E-state index in [0.717, 1.165) is 40.8 Å². The van der Waals surface area contributed by atoms with Crippen LogP contribution in [0.3, 0.4) is 0 Å². The van der Waals surface area contributed by atoms with Gasteiger partial charge in [-0.1, -0.05) is 12.1 Å². The topological polar surface area (TPSA) is 104 Å². The van der Waals surface area contributed by atoms with Crippen molar-refractivity contribution < 1.29 is 19.4 Å². The third kappa shape index (κ3) is 4.68. The number of carboxylic acids is 1. The number of rotatable bonds is 8. The summed E-state index contributed by atoms with van der Waals surface area (Å²) in [6.07, 6.45) is 1.51. The summed E-state index contributed by atoms with van der Waals surface area (Å²) in [5, 5.41) is 11.7. The number of carboxylic acid groups (broad SMARTS) is 1. The Morgan fingerprint density at radius 2 is 1.89 bits per heavy atom. The lowest BCUT2D eigenvalue weighted by Crippen LogP contribution is -2.25. The van der Waals surface area contributed by atoms with Crippen molar-refractivity contribution in [3.05, 3.63) is 58.9 Å². The van der Waals surface area contributed by atoms with Gasteiger partial charge in [-0.25, -0.2) is 9.78 Å². The van der Waals surface area contributed by atoms with E-state index in [0.29, 0.717) is 17.9 Å². The fraction of sp³-hybridized carbons (Fsp3) is 0.286. The molecule has 7 heteroatoms. The number of hydrogen-bond donors (Lipinski definition) is 3. The van der Waals surface area contributed by atoms with Crippen molar-refractivity contribution in [2.75, 3.05) is 13.2 Å². The highest BCUT2D eigenvalue weighted by atomic mass is 16.5. The fourth-order valence-corrected chi connectivity index (χ4v) is 3.13. The number of aromatic amines is 1. The molecule has 0 aliphatic rings. The van der Waals surface area contributed by atoms with Crippen molar-refractivity contribution in [2.24, 2.45) is 0 Å². The van der Waals surface area contributed by atoms with Crippen molar-refractivity contribution in [1.29, 1.82) is 0 Å². The molecule has 0 saturated heterocycles. The first-order valence-electron chi connectivity index (χ1n) is 9.11. The van der Waals surface area contributed by atoms with Gasteiger partial charge in [0.2, 0.25) is 0 Å². The Morgan fingerprint density at radius 1 is 1.18 bits per heavy atom. The number of benzene rings is 2. The summed E-state index contributed by atoms with van der Waals surface area (Å²) in [5.74, 6) is 0.205. The summed E-state index contributed by atoms with van der Waals surface area (Å²) in [7, 11) is 0. The number of hydrogen-bond acceptors (Lipinski definition) is 4. The maximum Gasteiger partial charge on any atom is 0.341 e. The molecule has 0 atom stereocenters. The van der Waals surface area contributed by atoms with Crippen molar-refractivity contribution in [1.82, 2.24) is 15.3 Å².